The maximum absolute atomic E-state index is 11.2. The number of hydrogen-bond donors (Lipinski definition) is 9. The molecule has 0 aliphatic heterocycles. The second kappa shape index (κ2) is 13.5. The number of carboxylic acid groups (broad SMARTS) is 1. The van der Waals surface area contributed by atoms with Crippen molar-refractivity contribution in [2.45, 2.75) is 24.4 Å². The third-order valence-electron chi connectivity index (χ3n) is 3.34. The highest BCUT2D eigenvalue weighted by Gasteiger charge is 2.34. The molecule has 14 nitrogen and oxygen atoms in total. The summed E-state index contributed by atoms with van der Waals surface area (Å²) in [4.78, 5) is 31.2. The molecule has 1 aromatic carbocycles. The first-order valence-corrected chi connectivity index (χ1v) is 8.28. The van der Waals surface area contributed by atoms with Gasteiger partial charge in [-0.2, -0.15) is 0 Å². The predicted molar refractivity (Wildman–Crippen MR) is 105 cm³/mol. The SMILES string of the molecule is COc1cc(/C=C/C(=O)NN=C(N)N)ccc1O.O=C[C@H](O)[C@@H](O)[C@H](O)[C@H](O)C(=O)O. The zero-order chi connectivity index (χ0) is 24.1. The molecule has 0 saturated heterocycles. The second-order valence-electron chi connectivity index (χ2n) is 5.67. The number of aromatic hydroxyl groups is 1. The summed E-state index contributed by atoms with van der Waals surface area (Å²) in [5.41, 5.74) is 12.9. The minimum atomic E-state index is -2.25. The number of rotatable bonds is 9. The van der Waals surface area contributed by atoms with E-state index in [0.29, 0.717) is 11.3 Å². The van der Waals surface area contributed by atoms with E-state index in [-0.39, 0.29) is 18.0 Å². The molecule has 0 bridgehead atoms. The van der Waals surface area contributed by atoms with Crippen LogP contribution in [0.2, 0.25) is 0 Å². The van der Waals surface area contributed by atoms with Crippen LogP contribution in [0.1, 0.15) is 5.56 Å². The first kappa shape index (κ1) is 27.3. The van der Waals surface area contributed by atoms with Crippen molar-refractivity contribution in [3.8, 4) is 11.5 Å². The van der Waals surface area contributed by atoms with Crippen molar-refractivity contribution in [1.82, 2.24) is 5.43 Å². The zero-order valence-electron chi connectivity index (χ0n) is 16.2. The normalized spacial score (nSPS) is 14.2. The molecular formula is C17H24N4O10. The van der Waals surface area contributed by atoms with Gasteiger partial charge in [0.25, 0.3) is 5.91 Å². The number of nitrogens with zero attached hydrogens (tertiary/aromatic N) is 1. The molecular weight excluding hydrogens is 420 g/mol. The molecule has 0 fully saturated rings. The standard InChI is InChI=1S/C11H14N4O3.C6H10O7/c1-18-9-6-7(2-4-8(9)16)3-5-10(17)14-15-11(12)13;7-1-2(8)3(9)4(10)5(11)6(12)13/h2-6,16H,1H3,(H,14,17)(H4,12,13,15);1-5,8-11H,(H,12,13)/b5-3+;/t;2-,3+,4-,5-/m.0/s1. The summed E-state index contributed by atoms with van der Waals surface area (Å²) in [6.45, 7) is 0. The van der Waals surface area contributed by atoms with E-state index >= 15 is 0 Å². The number of phenolic OH excluding ortho intramolecular Hbond substituents is 1. The fourth-order valence-corrected chi connectivity index (χ4v) is 1.74. The number of guanidine groups is 1. The number of phenols is 1. The molecule has 0 unspecified atom stereocenters. The van der Waals surface area contributed by atoms with E-state index in [2.05, 4.69) is 10.5 Å². The van der Waals surface area contributed by atoms with Gasteiger partial charge < -0.3 is 51.6 Å². The molecule has 172 valence electrons. The van der Waals surface area contributed by atoms with Gasteiger partial charge in [-0.1, -0.05) is 6.07 Å². The number of ether oxygens (including phenoxy) is 1. The zero-order valence-corrected chi connectivity index (χ0v) is 16.2. The van der Waals surface area contributed by atoms with Gasteiger partial charge in [0.1, 0.15) is 18.3 Å². The lowest BCUT2D eigenvalue weighted by Gasteiger charge is -2.21. The van der Waals surface area contributed by atoms with Gasteiger partial charge in [-0.05, 0) is 23.8 Å². The van der Waals surface area contributed by atoms with Crippen LogP contribution in [-0.2, 0) is 14.4 Å². The van der Waals surface area contributed by atoms with Crippen LogP contribution in [0.25, 0.3) is 6.08 Å². The Morgan fingerprint density at radius 3 is 2.26 bits per heavy atom. The number of carboxylic acids is 1. The Morgan fingerprint density at radius 2 is 1.77 bits per heavy atom. The largest absolute Gasteiger partial charge is 0.504 e. The van der Waals surface area contributed by atoms with E-state index in [4.69, 9.17) is 41.7 Å². The lowest BCUT2D eigenvalue weighted by molar-refractivity contribution is -0.163. The van der Waals surface area contributed by atoms with E-state index in [1.807, 2.05) is 0 Å². The fourth-order valence-electron chi connectivity index (χ4n) is 1.74. The maximum Gasteiger partial charge on any atom is 0.335 e. The number of nitrogens with one attached hydrogen (secondary N) is 1. The molecule has 31 heavy (non-hydrogen) atoms. The van der Waals surface area contributed by atoms with E-state index in [1.54, 1.807) is 12.1 Å². The maximum atomic E-state index is 11.2. The summed E-state index contributed by atoms with van der Waals surface area (Å²) in [7, 11) is 1.44. The number of hydrogen-bond acceptors (Lipinski definition) is 10. The Kier molecular flexibility index (Phi) is 11.9. The van der Waals surface area contributed by atoms with Crippen molar-refractivity contribution in [2.24, 2.45) is 16.6 Å². The van der Waals surface area contributed by atoms with Crippen LogP contribution in [0.5, 0.6) is 11.5 Å². The Bertz CT molecular complexity index is 810. The second-order valence-corrected chi connectivity index (χ2v) is 5.67. The van der Waals surface area contributed by atoms with Gasteiger partial charge in [-0.3, -0.25) is 4.79 Å². The highest BCUT2D eigenvalue weighted by molar-refractivity contribution is 5.92. The summed E-state index contributed by atoms with van der Waals surface area (Å²) >= 11 is 0. The number of carbonyl (C=O) groups is 3. The first-order chi connectivity index (χ1) is 14.4. The van der Waals surface area contributed by atoms with Gasteiger partial charge in [0.2, 0.25) is 5.96 Å². The van der Waals surface area contributed by atoms with Crippen LogP contribution in [0.4, 0.5) is 0 Å². The van der Waals surface area contributed by atoms with Gasteiger partial charge in [-0.25, -0.2) is 10.2 Å². The van der Waals surface area contributed by atoms with E-state index in [1.165, 1.54) is 25.3 Å². The van der Waals surface area contributed by atoms with Crippen molar-refractivity contribution >= 4 is 30.2 Å². The summed E-state index contributed by atoms with van der Waals surface area (Å²) in [5.74, 6) is -2.12. The summed E-state index contributed by atoms with van der Waals surface area (Å²) < 4.78 is 4.93. The summed E-state index contributed by atoms with van der Waals surface area (Å²) in [6.07, 6.45) is -5.62. The highest BCUT2D eigenvalue weighted by Crippen LogP contribution is 2.26. The molecule has 1 amide bonds. The summed E-state index contributed by atoms with van der Waals surface area (Å²) in [6, 6.07) is 4.67. The van der Waals surface area contributed by atoms with Gasteiger partial charge in [0, 0.05) is 6.08 Å². The van der Waals surface area contributed by atoms with Crippen LogP contribution >= 0.6 is 0 Å². The van der Waals surface area contributed by atoms with Crippen molar-refractivity contribution in [1.29, 1.82) is 0 Å². The lowest BCUT2D eigenvalue weighted by Crippen LogP contribution is -2.48. The first-order valence-electron chi connectivity index (χ1n) is 8.28. The molecule has 0 heterocycles. The number of aldehydes is 1. The molecule has 4 atom stereocenters. The Labute approximate surface area is 175 Å². The molecule has 11 N–H and O–H groups in total. The Hall–Kier alpha value is -3.72. The molecule has 0 spiro atoms. The number of amides is 1. The number of nitrogens with two attached hydrogens (primary N) is 2. The molecule has 0 aromatic heterocycles. The molecule has 0 aliphatic rings. The van der Waals surface area contributed by atoms with E-state index < -0.39 is 36.3 Å². The number of aliphatic carboxylic acids is 1. The van der Waals surface area contributed by atoms with E-state index in [9.17, 15) is 19.5 Å². The molecule has 14 heteroatoms. The molecule has 1 aromatic rings. The molecule has 0 radical (unpaired) electrons. The third-order valence-corrected chi connectivity index (χ3v) is 3.34. The van der Waals surface area contributed by atoms with Crippen LogP contribution in [0, 0.1) is 0 Å². The average molecular weight is 444 g/mol. The van der Waals surface area contributed by atoms with Crippen LogP contribution in [0.3, 0.4) is 0 Å². The number of carbonyl (C=O) groups excluding carboxylic acids is 2. The monoisotopic (exact) mass is 444 g/mol. The summed E-state index contributed by atoms with van der Waals surface area (Å²) in [5, 5.41) is 55.9. The van der Waals surface area contributed by atoms with Crippen molar-refractivity contribution < 1.29 is 49.8 Å². The fraction of sp³-hybridized carbons (Fsp3) is 0.294. The number of hydrazone groups is 1. The quantitative estimate of drug-likeness (QED) is 0.0589. The Morgan fingerprint density at radius 1 is 1.16 bits per heavy atom. The lowest BCUT2D eigenvalue weighted by atomic mass is 10.0. The van der Waals surface area contributed by atoms with Gasteiger partial charge in [0.15, 0.2) is 23.9 Å². The van der Waals surface area contributed by atoms with Gasteiger partial charge >= 0.3 is 5.97 Å². The van der Waals surface area contributed by atoms with Gasteiger partial charge in [0.05, 0.1) is 7.11 Å². The van der Waals surface area contributed by atoms with Crippen molar-refractivity contribution in [2.75, 3.05) is 7.11 Å². The minimum absolute atomic E-state index is 0.0274. The molecule has 0 saturated carbocycles. The minimum Gasteiger partial charge on any atom is -0.504 e. The molecule has 1 rings (SSSR count). The van der Waals surface area contributed by atoms with Crippen molar-refractivity contribution in [3.05, 3.63) is 29.8 Å². The van der Waals surface area contributed by atoms with Crippen LogP contribution in [0.15, 0.2) is 29.4 Å². The Balaban J connectivity index is 0.000000615. The average Bonchev–Trinajstić information content (AvgIpc) is 2.75. The van der Waals surface area contributed by atoms with Crippen molar-refractivity contribution in [3.63, 3.8) is 0 Å². The molecule has 0 aliphatic carbocycles. The van der Waals surface area contributed by atoms with E-state index in [0.717, 1.165) is 0 Å². The number of benzene rings is 1. The highest BCUT2D eigenvalue weighted by atomic mass is 16.5. The number of methoxy groups -OCH3 is 1. The number of aliphatic hydroxyl groups is 4. The smallest absolute Gasteiger partial charge is 0.335 e. The van der Waals surface area contributed by atoms with Crippen LogP contribution < -0.4 is 21.6 Å². The number of aliphatic hydroxyl groups excluding tert-OH is 4. The topological polar surface area (TPSA) is 258 Å². The third kappa shape index (κ3) is 10.0. The van der Waals surface area contributed by atoms with Gasteiger partial charge in [-0.15, -0.1) is 5.10 Å². The van der Waals surface area contributed by atoms with Crippen LogP contribution in [-0.4, -0.2) is 86.3 Å². The predicted octanol–water partition coefficient (Wildman–Crippen LogP) is -3.57.